The van der Waals surface area contributed by atoms with E-state index in [1.165, 1.54) is 0 Å². The van der Waals surface area contributed by atoms with Crippen molar-refractivity contribution < 1.29 is 13.6 Å². The number of hydrogen-bond donors (Lipinski definition) is 1. The lowest BCUT2D eigenvalue weighted by Gasteiger charge is -2.24. The molecule has 0 fully saturated rings. The molecule has 0 bridgehead atoms. The molecule has 88 valence electrons. The number of rotatable bonds is 4. The van der Waals surface area contributed by atoms with Crippen LogP contribution in [-0.4, -0.2) is 17.9 Å². The fraction of sp³-hybridized carbons (Fsp3) is 0.417. The molecule has 0 saturated carbocycles. The summed E-state index contributed by atoms with van der Waals surface area (Å²) in [6.45, 7) is 5.71. The van der Waals surface area contributed by atoms with E-state index in [2.05, 4.69) is 5.32 Å². The molecule has 0 aliphatic carbocycles. The fourth-order valence-electron chi connectivity index (χ4n) is 1.53. The summed E-state index contributed by atoms with van der Waals surface area (Å²) in [5.74, 6) is -1.76. The zero-order valence-electron chi connectivity index (χ0n) is 9.60. The largest absolute Gasteiger partial charge is 0.305 e. The summed E-state index contributed by atoms with van der Waals surface area (Å²) >= 11 is 0. The molecule has 0 heterocycles. The Bertz CT molecular complexity index is 402. The van der Waals surface area contributed by atoms with Crippen LogP contribution >= 0.6 is 0 Å². The summed E-state index contributed by atoms with van der Waals surface area (Å²) in [7, 11) is 0. The van der Waals surface area contributed by atoms with Gasteiger partial charge in [0.15, 0.2) is 5.78 Å². The molecule has 0 aliphatic rings. The van der Waals surface area contributed by atoms with Crippen LogP contribution in [0.15, 0.2) is 18.2 Å². The highest BCUT2D eigenvalue weighted by Crippen LogP contribution is 2.17. The lowest BCUT2D eigenvalue weighted by molar-refractivity contribution is 0.0879. The van der Waals surface area contributed by atoms with Gasteiger partial charge in [0.1, 0.15) is 11.6 Å². The van der Waals surface area contributed by atoms with Crippen molar-refractivity contribution in [2.45, 2.75) is 26.3 Å². The van der Waals surface area contributed by atoms with Gasteiger partial charge >= 0.3 is 0 Å². The first kappa shape index (κ1) is 12.8. The van der Waals surface area contributed by atoms with Crippen LogP contribution in [0.1, 0.15) is 31.1 Å². The maximum absolute atomic E-state index is 13.4. The van der Waals surface area contributed by atoms with Crippen LogP contribution in [0, 0.1) is 11.6 Å². The third kappa shape index (κ3) is 2.64. The van der Waals surface area contributed by atoms with E-state index < -0.39 is 23.0 Å². The van der Waals surface area contributed by atoms with Crippen LogP contribution in [0.25, 0.3) is 0 Å². The standard InChI is InChI=1S/C12H15F2NO/c1-4-15-12(2,3)11(16)9-7-8(13)5-6-10(9)14/h5-7,15H,4H2,1-3H3. The normalized spacial score (nSPS) is 11.6. The number of ketones is 1. The van der Waals surface area contributed by atoms with Gasteiger partial charge in [0.25, 0.3) is 0 Å². The number of likely N-dealkylation sites (N-methyl/N-ethyl adjacent to an activating group) is 1. The molecular weight excluding hydrogens is 212 g/mol. The Balaban J connectivity index is 3.09. The Labute approximate surface area is 93.7 Å². The van der Waals surface area contributed by atoms with Gasteiger partial charge in [0, 0.05) is 0 Å². The van der Waals surface area contributed by atoms with Crippen LogP contribution in [-0.2, 0) is 0 Å². The topological polar surface area (TPSA) is 29.1 Å². The Morgan fingerprint density at radius 1 is 1.38 bits per heavy atom. The number of nitrogens with one attached hydrogen (secondary N) is 1. The quantitative estimate of drug-likeness (QED) is 0.801. The Morgan fingerprint density at radius 2 is 2.00 bits per heavy atom. The van der Waals surface area contributed by atoms with Gasteiger partial charge in [-0.1, -0.05) is 6.92 Å². The molecule has 16 heavy (non-hydrogen) atoms. The highest BCUT2D eigenvalue weighted by atomic mass is 19.1. The monoisotopic (exact) mass is 227 g/mol. The lowest BCUT2D eigenvalue weighted by atomic mass is 9.93. The van der Waals surface area contributed by atoms with Gasteiger partial charge < -0.3 is 5.32 Å². The molecule has 4 heteroatoms. The number of hydrogen-bond acceptors (Lipinski definition) is 2. The second-order valence-corrected chi connectivity index (χ2v) is 4.11. The average molecular weight is 227 g/mol. The summed E-state index contributed by atoms with van der Waals surface area (Å²) in [6.07, 6.45) is 0. The summed E-state index contributed by atoms with van der Waals surface area (Å²) in [6, 6.07) is 2.88. The summed E-state index contributed by atoms with van der Waals surface area (Å²) < 4.78 is 26.3. The van der Waals surface area contributed by atoms with Crippen molar-refractivity contribution in [1.29, 1.82) is 0 Å². The van der Waals surface area contributed by atoms with Crippen molar-refractivity contribution in [2.24, 2.45) is 0 Å². The van der Waals surface area contributed by atoms with Crippen LogP contribution in [0.5, 0.6) is 0 Å². The Hall–Kier alpha value is -1.29. The number of carbonyl (C=O) groups is 1. The Kier molecular flexibility index (Phi) is 3.75. The number of Topliss-reactive ketones (excluding diaryl/α,β-unsaturated/α-hetero) is 1. The van der Waals surface area contributed by atoms with Crippen molar-refractivity contribution in [1.82, 2.24) is 5.32 Å². The molecule has 1 rings (SSSR count). The molecule has 0 unspecified atom stereocenters. The van der Waals surface area contributed by atoms with Crippen molar-refractivity contribution >= 4 is 5.78 Å². The smallest absolute Gasteiger partial charge is 0.185 e. The van der Waals surface area contributed by atoms with Gasteiger partial charge in [-0.15, -0.1) is 0 Å². The fourth-order valence-corrected chi connectivity index (χ4v) is 1.53. The Morgan fingerprint density at radius 3 is 2.56 bits per heavy atom. The van der Waals surface area contributed by atoms with Crippen molar-refractivity contribution in [3.05, 3.63) is 35.4 Å². The molecule has 1 aromatic rings. The van der Waals surface area contributed by atoms with Crippen LogP contribution in [0.3, 0.4) is 0 Å². The molecule has 0 aromatic heterocycles. The van der Waals surface area contributed by atoms with Gasteiger partial charge in [-0.05, 0) is 38.6 Å². The van der Waals surface area contributed by atoms with Crippen LogP contribution in [0.2, 0.25) is 0 Å². The van der Waals surface area contributed by atoms with E-state index in [9.17, 15) is 13.6 Å². The summed E-state index contributed by atoms with van der Waals surface area (Å²) in [5.41, 5.74) is -1.12. The van der Waals surface area contributed by atoms with Gasteiger partial charge in [0.2, 0.25) is 0 Å². The van der Waals surface area contributed by atoms with E-state index in [1.807, 2.05) is 6.92 Å². The average Bonchev–Trinajstić information content (AvgIpc) is 2.20. The van der Waals surface area contributed by atoms with Crippen LogP contribution < -0.4 is 5.32 Å². The minimum absolute atomic E-state index is 0.217. The molecule has 0 atom stereocenters. The minimum atomic E-state index is -0.899. The van der Waals surface area contributed by atoms with Crippen molar-refractivity contribution in [3.8, 4) is 0 Å². The first-order valence-corrected chi connectivity index (χ1v) is 5.13. The van der Waals surface area contributed by atoms with E-state index in [1.54, 1.807) is 13.8 Å². The van der Waals surface area contributed by atoms with Gasteiger partial charge in [-0.25, -0.2) is 8.78 Å². The van der Waals surface area contributed by atoms with E-state index >= 15 is 0 Å². The SMILES string of the molecule is CCNC(C)(C)C(=O)c1cc(F)ccc1F. The predicted octanol–water partition coefficient (Wildman–Crippen LogP) is 2.54. The van der Waals surface area contributed by atoms with Gasteiger partial charge in [-0.2, -0.15) is 0 Å². The molecule has 2 nitrogen and oxygen atoms in total. The number of benzene rings is 1. The number of carbonyl (C=O) groups excluding carboxylic acids is 1. The van der Waals surface area contributed by atoms with E-state index in [0.29, 0.717) is 6.54 Å². The molecule has 0 spiro atoms. The maximum Gasteiger partial charge on any atom is 0.185 e. The van der Waals surface area contributed by atoms with Gasteiger partial charge in [-0.3, -0.25) is 4.79 Å². The van der Waals surface area contributed by atoms with E-state index in [4.69, 9.17) is 0 Å². The summed E-state index contributed by atoms with van der Waals surface area (Å²) in [4.78, 5) is 12.0. The first-order chi connectivity index (χ1) is 7.38. The molecule has 0 saturated heterocycles. The molecule has 0 amide bonds. The molecule has 1 N–H and O–H groups in total. The number of halogens is 2. The molecule has 0 aliphatic heterocycles. The second-order valence-electron chi connectivity index (χ2n) is 4.11. The van der Waals surface area contributed by atoms with E-state index in [0.717, 1.165) is 18.2 Å². The third-order valence-electron chi connectivity index (χ3n) is 2.36. The third-order valence-corrected chi connectivity index (χ3v) is 2.36. The predicted molar refractivity (Wildman–Crippen MR) is 58.4 cm³/mol. The van der Waals surface area contributed by atoms with Crippen molar-refractivity contribution in [3.63, 3.8) is 0 Å². The maximum atomic E-state index is 13.4. The highest BCUT2D eigenvalue weighted by Gasteiger charge is 2.29. The molecule has 0 radical (unpaired) electrons. The zero-order chi connectivity index (χ0) is 12.3. The zero-order valence-corrected chi connectivity index (χ0v) is 9.60. The molecule has 1 aromatic carbocycles. The van der Waals surface area contributed by atoms with Gasteiger partial charge in [0.05, 0.1) is 11.1 Å². The minimum Gasteiger partial charge on any atom is -0.305 e. The van der Waals surface area contributed by atoms with E-state index in [-0.39, 0.29) is 5.56 Å². The first-order valence-electron chi connectivity index (χ1n) is 5.13. The molecular formula is C12H15F2NO. The highest BCUT2D eigenvalue weighted by molar-refractivity contribution is 6.02. The second kappa shape index (κ2) is 4.70. The van der Waals surface area contributed by atoms with Crippen molar-refractivity contribution in [2.75, 3.05) is 6.54 Å². The lowest BCUT2D eigenvalue weighted by Crippen LogP contribution is -2.46. The summed E-state index contributed by atoms with van der Waals surface area (Å²) in [5, 5.41) is 2.93. The van der Waals surface area contributed by atoms with Crippen LogP contribution in [0.4, 0.5) is 8.78 Å².